The molecule has 1 N–H and O–H groups in total. The predicted octanol–water partition coefficient (Wildman–Crippen LogP) is 5.25. The molecule has 5 heteroatoms. The quantitative estimate of drug-likeness (QED) is 0.783. The molecule has 1 aromatic carbocycles. The van der Waals surface area contributed by atoms with Crippen molar-refractivity contribution in [3.8, 4) is 11.4 Å². The summed E-state index contributed by atoms with van der Waals surface area (Å²) in [4.78, 5) is 9.34. The summed E-state index contributed by atoms with van der Waals surface area (Å²) >= 11 is 9.49. The van der Waals surface area contributed by atoms with E-state index in [1.54, 1.807) is 0 Å². The zero-order valence-corrected chi connectivity index (χ0v) is 14.8. The third-order valence-corrected chi connectivity index (χ3v) is 4.50. The van der Waals surface area contributed by atoms with Crippen LogP contribution in [0, 0.1) is 6.92 Å². The van der Waals surface area contributed by atoms with Gasteiger partial charge in [0.15, 0.2) is 5.82 Å². The smallest absolute Gasteiger partial charge is 0.161 e. The Kier molecular flexibility index (Phi) is 5.59. The fourth-order valence-corrected chi connectivity index (χ4v) is 2.67. The van der Waals surface area contributed by atoms with Crippen LogP contribution in [0.2, 0.25) is 5.02 Å². The number of rotatable bonds is 5. The van der Waals surface area contributed by atoms with Crippen molar-refractivity contribution in [2.45, 2.75) is 33.6 Å². The minimum absolute atomic E-state index is 0.685. The molecule has 3 nitrogen and oxygen atoms in total. The highest BCUT2D eigenvalue weighted by atomic mass is 79.9. The molecular weight excluding hydrogens is 350 g/mol. The highest BCUT2D eigenvalue weighted by Gasteiger charge is 2.12. The fraction of sp³-hybridized carbons (Fsp3) is 0.375. The first-order valence-electron chi connectivity index (χ1n) is 7.13. The fourth-order valence-electron chi connectivity index (χ4n) is 2.17. The molecule has 0 atom stereocenters. The van der Waals surface area contributed by atoms with Crippen LogP contribution in [0.15, 0.2) is 22.7 Å². The number of nitrogens with one attached hydrogen (secondary N) is 1. The van der Waals surface area contributed by atoms with Crippen molar-refractivity contribution < 1.29 is 0 Å². The average Bonchev–Trinajstić information content (AvgIpc) is 2.47. The Morgan fingerprint density at radius 1 is 1.24 bits per heavy atom. The summed E-state index contributed by atoms with van der Waals surface area (Å²) in [5, 5.41) is 4.09. The molecule has 0 saturated carbocycles. The highest BCUT2D eigenvalue weighted by molar-refractivity contribution is 9.10. The molecule has 0 aliphatic carbocycles. The number of hydrogen-bond donors (Lipinski definition) is 1. The molecule has 0 amide bonds. The molecular formula is C16H19BrClN3. The zero-order chi connectivity index (χ0) is 15.4. The molecule has 0 bridgehead atoms. The van der Waals surface area contributed by atoms with Crippen LogP contribution in [0.3, 0.4) is 0 Å². The second kappa shape index (κ2) is 7.23. The third-order valence-electron chi connectivity index (χ3n) is 3.29. The molecule has 0 radical (unpaired) electrons. The van der Waals surface area contributed by atoms with Crippen molar-refractivity contribution in [1.82, 2.24) is 9.97 Å². The maximum atomic E-state index is 6.05. The number of halogens is 2. The molecule has 2 aromatic rings. The van der Waals surface area contributed by atoms with Crippen LogP contribution in [0.25, 0.3) is 11.4 Å². The average molecular weight is 369 g/mol. The van der Waals surface area contributed by atoms with Gasteiger partial charge in [0.25, 0.3) is 0 Å². The standard InChI is InChI=1S/C16H19BrClN3/c1-4-8-19-16-12(5-2)10(3)20-15(21-16)11-6-7-14(18)13(17)9-11/h6-7,9H,4-5,8H2,1-3H3,(H,19,20,21). The Hall–Kier alpha value is -1.13. The number of hydrogen-bond acceptors (Lipinski definition) is 3. The van der Waals surface area contributed by atoms with Gasteiger partial charge >= 0.3 is 0 Å². The molecule has 21 heavy (non-hydrogen) atoms. The van der Waals surface area contributed by atoms with Crippen molar-refractivity contribution in [3.63, 3.8) is 0 Å². The van der Waals surface area contributed by atoms with E-state index in [1.807, 2.05) is 25.1 Å². The maximum absolute atomic E-state index is 6.05. The minimum Gasteiger partial charge on any atom is -0.370 e. The Balaban J connectivity index is 2.48. The van der Waals surface area contributed by atoms with E-state index in [1.165, 1.54) is 5.56 Å². The molecule has 0 unspecified atom stereocenters. The lowest BCUT2D eigenvalue weighted by Crippen LogP contribution is -2.09. The number of aryl methyl sites for hydroxylation is 1. The van der Waals surface area contributed by atoms with Crippen molar-refractivity contribution in [3.05, 3.63) is 39.0 Å². The van der Waals surface area contributed by atoms with Gasteiger partial charge in [0, 0.05) is 27.8 Å². The van der Waals surface area contributed by atoms with E-state index in [-0.39, 0.29) is 0 Å². The summed E-state index contributed by atoms with van der Waals surface area (Å²) in [6.45, 7) is 7.21. The molecule has 0 aliphatic heterocycles. The Labute approximate surface area is 139 Å². The second-order valence-corrected chi connectivity index (χ2v) is 6.13. The Bertz CT molecular complexity index is 644. The van der Waals surface area contributed by atoms with Crippen LogP contribution in [0.4, 0.5) is 5.82 Å². The summed E-state index contributed by atoms with van der Waals surface area (Å²) in [6, 6.07) is 5.75. The molecule has 2 rings (SSSR count). The molecule has 0 spiro atoms. The first-order valence-corrected chi connectivity index (χ1v) is 8.30. The van der Waals surface area contributed by atoms with Crippen LogP contribution in [0.1, 0.15) is 31.5 Å². The molecule has 0 fully saturated rings. The molecule has 1 heterocycles. The number of aromatic nitrogens is 2. The van der Waals surface area contributed by atoms with Crippen molar-refractivity contribution in [2.75, 3.05) is 11.9 Å². The normalized spacial score (nSPS) is 10.7. The van der Waals surface area contributed by atoms with E-state index >= 15 is 0 Å². The molecule has 1 aromatic heterocycles. The Morgan fingerprint density at radius 2 is 2.00 bits per heavy atom. The van der Waals surface area contributed by atoms with E-state index in [4.69, 9.17) is 16.6 Å². The highest BCUT2D eigenvalue weighted by Crippen LogP contribution is 2.29. The largest absolute Gasteiger partial charge is 0.370 e. The predicted molar refractivity (Wildman–Crippen MR) is 93.1 cm³/mol. The van der Waals surface area contributed by atoms with E-state index < -0.39 is 0 Å². The minimum atomic E-state index is 0.685. The van der Waals surface area contributed by atoms with Gasteiger partial charge in [-0.05, 0) is 53.9 Å². The van der Waals surface area contributed by atoms with Crippen LogP contribution in [-0.4, -0.2) is 16.5 Å². The van der Waals surface area contributed by atoms with Crippen LogP contribution < -0.4 is 5.32 Å². The van der Waals surface area contributed by atoms with Crippen molar-refractivity contribution in [2.24, 2.45) is 0 Å². The van der Waals surface area contributed by atoms with Gasteiger partial charge in [0.2, 0.25) is 0 Å². The third kappa shape index (κ3) is 3.74. The van der Waals surface area contributed by atoms with E-state index in [2.05, 4.69) is 40.1 Å². The summed E-state index contributed by atoms with van der Waals surface area (Å²) in [6.07, 6.45) is 1.98. The van der Waals surface area contributed by atoms with Gasteiger partial charge in [-0.1, -0.05) is 25.4 Å². The lowest BCUT2D eigenvalue weighted by atomic mass is 10.1. The van der Waals surface area contributed by atoms with E-state index in [9.17, 15) is 0 Å². The summed E-state index contributed by atoms with van der Waals surface area (Å²) < 4.78 is 0.852. The first kappa shape index (κ1) is 16.2. The van der Waals surface area contributed by atoms with Crippen LogP contribution >= 0.6 is 27.5 Å². The summed E-state index contributed by atoms with van der Waals surface area (Å²) in [7, 11) is 0. The topological polar surface area (TPSA) is 37.8 Å². The van der Waals surface area contributed by atoms with Crippen molar-refractivity contribution >= 4 is 33.3 Å². The Morgan fingerprint density at radius 3 is 2.62 bits per heavy atom. The van der Waals surface area contributed by atoms with Gasteiger partial charge in [-0.25, -0.2) is 9.97 Å². The second-order valence-electron chi connectivity index (χ2n) is 4.87. The number of benzene rings is 1. The van der Waals surface area contributed by atoms with Gasteiger partial charge in [-0.3, -0.25) is 0 Å². The van der Waals surface area contributed by atoms with Gasteiger partial charge in [-0.2, -0.15) is 0 Å². The summed E-state index contributed by atoms with van der Waals surface area (Å²) in [5.41, 5.74) is 3.16. The number of nitrogens with zero attached hydrogens (tertiary/aromatic N) is 2. The van der Waals surface area contributed by atoms with Gasteiger partial charge in [0.05, 0.1) is 5.02 Å². The van der Waals surface area contributed by atoms with Crippen molar-refractivity contribution in [1.29, 1.82) is 0 Å². The first-order chi connectivity index (χ1) is 10.1. The molecule has 0 aliphatic rings. The van der Waals surface area contributed by atoms with E-state index in [0.717, 1.165) is 46.8 Å². The maximum Gasteiger partial charge on any atom is 0.161 e. The van der Waals surface area contributed by atoms with Crippen LogP contribution in [-0.2, 0) is 6.42 Å². The molecule has 112 valence electrons. The lowest BCUT2D eigenvalue weighted by molar-refractivity contribution is 0.938. The monoisotopic (exact) mass is 367 g/mol. The van der Waals surface area contributed by atoms with Gasteiger partial charge in [0.1, 0.15) is 5.82 Å². The van der Waals surface area contributed by atoms with Gasteiger partial charge < -0.3 is 5.32 Å². The lowest BCUT2D eigenvalue weighted by Gasteiger charge is -2.13. The molecule has 0 saturated heterocycles. The van der Waals surface area contributed by atoms with Crippen LogP contribution in [0.5, 0.6) is 0 Å². The number of anilines is 1. The SMILES string of the molecule is CCCNc1nc(-c2ccc(Cl)c(Br)c2)nc(C)c1CC. The summed E-state index contributed by atoms with van der Waals surface area (Å²) in [5.74, 6) is 1.66. The van der Waals surface area contributed by atoms with Gasteiger partial charge in [-0.15, -0.1) is 0 Å². The van der Waals surface area contributed by atoms with E-state index in [0.29, 0.717) is 5.02 Å². The zero-order valence-electron chi connectivity index (χ0n) is 12.5.